The molecular formula is C66H77F15N10. The molecule has 9 aliphatic carbocycles. The molecule has 0 amide bonds. The molecule has 25 heteroatoms. The van der Waals surface area contributed by atoms with Crippen LogP contribution in [-0.4, -0.2) is 44.1 Å². The maximum atomic E-state index is 14.0. The van der Waals surface area contributed by atoms with Gasteiger partial charge in [0.15, 0.2) is 11.4 Å². The zero-order chi connectivity index (χ0) is 66.9. The molecular weight excluding hydrogens is 1220 g/mol. The van der Waals surface area contributed by atoms with E-state index in [4.69, 9.17) is 5.26 Å². The van der Waals surface area contributed by atoms with Crippen LogP contribution in [0.4, 0.5) is 65.9 Å². The van der Waals surface area contributed by atoms with E-state index in [1.54, 1.807) is 38.4 Å². The van der Waals surface area contributed by atoms with Gasteiger partial charge >= 0.3 is 12.4 Å². The van der Waals surface area contributed by atoms with Gasteiger partial charge in [0, 0.05) is 89.0 Å². The SMILES string of the molecule is CC(C)C1=CCc2ccc(F)cc21.CC(C)n1nc(C(F)(F)F)c2c1C(F)(F)C1CC21.CC(C)n1nc(C(F)(F)F)c2c1C1CC1CC2.Cc1nn(C(C)C)c2c1C(F)(F)CCC2(F)F.Cc1nn(C(C)C)c2c1CCCC2.N#Cc1c[nH]c2c1C1CC1C2(F)F. The van der Waals surface area contributed by atoms with Crippen LogP contribution in [-0.2, 0) is 61.7 Å². The largest absolute Gasteiger partial charge is 0.435 e. The number of nitrogens with one attached hydrogen (secondary N) is 1. The lowest BCUT2D eigenvalue weighted by Gasteiger charge is -2.30. The lowest BCUT2D eigenvalue weighted by molar-refractivity contribution is -0.143. The molecule has 15 rings (SSSR count). The number of rotatable bonds is 5. The van der Waals surface area contributed by atoms with Crippen molar-refractivity contribution in [3.05, 3.63) is 132 Å². The average molecular weight is 1300 g/mol. The van der Waals surface area contributed by atoms with E-state index in [0.717, 1.165) is 39.9 Å². The normalized spacial score (nSPS) is 23.7. The Bertz CT molecular complexity index is 3780. The van der Waals surface area contributed by atoms with Crippen LogP contribution in [0.15, 0.2) is 30.5 Å². The predicted octanol–water partition coefficient (Wildman–Crippen LogP) is 19.1. The van der Waals surface area contributed by atoms with Crippen LogP contribution in [0.3, 0.4) is 0 Å². The highest BCUT2D eigenvalue weighted by Crippen LogP contribution is 2.69. The van der Waals surface area contributed by atoms with Crippen LogP contribution in [0.1, 0.15) is 258 Å². The quantitative estimate of drug-likeness (QED) is 0.173. The number of allylic oxidation sites excluding steroid dienone is 2. The molecule has 0 bridgehead atoms. The number of H-pyrrole nitrogens is 1. The summed E-state index contributed by atoms with van der Waals surface area (Å²) in [5.74, 6) is -13.3. The van der Waals surface area contributed by atoms with Gasteiger partial charge < -0.3 is 4.98 Å². The summed E-state index contributed by atoms with van der Waals surface area (Å²) in [5, 5.41) is 24.3. The summed E-state index contributed by atoms with van der Waals surface area (Å²) in [7, 11) is 0. The fourth-order valence-corrected chi connectivity index (χ4v) is 14.4. The zero-order valence-corrected chi connectivity index (χ0v) is 52.9. The van der Waals surface area contributed by atoms with Crippen molar-refractivity contribution in [3.8, 4) is 6.07 Å². The van der Waals surface area contributed by atoms with Crippen molar-refractivity contribution in [2.45, 2.75) is 238 Å². The highest BCUT2D eigenvalue weighted by Gasteiger charge is 2.69. The van der Waals surface area contributed by atoms with E-state index in [2.05, 4.69) is 70.8 Å². The lowest BCUT2D eigenvalue weighted by atomic mass is 9.89. The Kier molecular flexibility index (Phi) is 17.6. The second-order valence-corrected chi connectivity index (χ2v) is 27.1. The summed E-state index contributed by atoms with van der Waals surface area (Å²) in [6, 6.07) is 6.64. The van der Waals surface area contributed by atoms with Crippen LogP contribution in [0.2, 0.25) is 0 Å². The molecule has 0 aliphatic heterocycles. The van der Waals surface area contributed by atoms with E-state index in [9.17, 15) is 65.9 Å². The minimum atomic E-state index is -4.67. The number of aromatic nitrogens is 9. The number of aromatic amines is 1. The Morgan fingerprint density at radius 2 is 1.18 bits per heavy atom. The van der Waals surface area contributed by atoms with Gasteiger partial charge in [0.25, 0.3) is 23.7 Å². The number of alkyl halides is 14. The number of aryl methyl sites for hydroxylation is 2. The summed E-state index contributed by atoms with van der Waals surface area (Å²) in [4.78, 5) is 2.52. The first-order chi connectivity index (χ1) is 42.3. The van der Waals surface area contributed by atoms with Gasteiger partial charge in [0.1, 0.15) is 23.3 Å². The second-order valence-electron chi connectivity index (χ2n) is 27.1. The van der Waals surface area contributed by atoms with E-state index < -0.39 is 101 Å². The van der Waals surface area contributed by atoms with Gasteiger partial charge in [0.05, 0.1) is 28.2 Å². The van der Waals surface area contributed by atoms with Gasteiger partial charge in [-0.1, -0.05) is 26.0 Å². The van der Waals surface area contributed by atoms with Crippen LogP contribution < -0.4 is 0 Å². The summed E-state index contributed by atoms with van der Waals surface area (Å²) in [6.45, 7) is 22.4. The minimum absolute atomic E-state index is 0.000741. The fourth-order valence-electron chi connectivity index (χ4n) is 14.4. The Balaban J connectivity index is 0.000000120. The molecule has 6 atom stereocenters. The van der Waals surface area contributed by atoms with Crippen molar-refractivity contribution >= 4 is 5.57 Å². The molecule has 496 valence electrons. The molecule has 1 N–H and O–H groups in total. The first-order valence-corrected chi connectivity index (χ1v) is 31.4. The molecule has 9 aliphatic rings. The summed E-state index contributed by atoms with van der Waals surface area (Å²) in [5.41, 5.74) is 6.43. The van der Waals surface area contributed by atoms with Crippen LogP contribution in [0.5, 0.6) is 0 Å². The maximum absolute atomic E-state index is 14.0. The molecule has 10 nitrogen and oxygen atoms in total. The monoisotopic (exact) mass is 1290 g/mol. The number of benzene rings is 1. The molecule has 3 fully saturated rings. The highest BCUT2D eigenvalue weighted by molar-refractivity contribution is 5.74. The zero-order valence-electron chi connectivity index (χ0n) is 52.9. The Labute approximate surface area is 519 Å². The van der Waals surface area contributed by atoms with Gasteiger partial charge in [-0.05, 0) is 192 Å². The fraction of sp³-hybridized carbons (Fsp3) is 0.621. The van der Waals surface area contributed by atoms with E-state index in [1.807, 2.05) is 26.0 Å². The summed E-state index contributed by atoms with van der Waals surface area (Å²) in [6.07, 6.45) is 2.21. The standard InChI is InChI=1S/C12H15F3N2.C12H13F.C11H11F5N2.C11H14F4N2.C11H18N2.C9H6F2N2/c1-6(2)17-10-8(4-3-7-5-9(7)10)11(16-17)12(13,14)15;1-8(2)11-6-4-9-3-5-10(13)7-12(9)11;1-4(2)18-9-7(8(17-18)11(14,15)16)5-3-6(5)10(9,12)13;1-6(2)17-9-8(7(3)16-17)10(12,13)4-5-11(9,14)15;1-8(2)13-11-7-5-4-6-10(11)9(3)12-13;10-9(11)6-1-5(6)7-4(2-12)3-13-8(7)9/h6-7,9H,3-5H2,1-2H3;3,5-8H,4H2,1-2H3;4-6H,3H2,1-2H3;6H,4-5H2,1-3H3;8H,4-7H2,1-3H3;3,5-6,13H,1H2. The molecule has 5 aromatic heterocycles. The molecule has 0 radical (unpaired) electrons. The third kappa shape index (κ3) is 12.4. The Morgan fingerprint density at radius 3 is 1.77 bits per heavy atom. The maximum Gasteiger partial charge on any atom is 0.435 e. The lowest BCUT2D eigenvalue weighted by Crippen LogP contribution is -2.32. The third-order valence-corrected chi connectivity index (χ3v) is 19.0. The van der Waals surface area contributed by atoms with Crippen molar-refractivity contribution < 1.29 is 65.9 Å². The van der Waals surface area contributed by atoms with E-state index in [0.29, 0.717) is 53.3 Å². The van der Waals surface area contributed by atoms with Gasteiger partial charge in [0.2, 0.25) is 0 Å². The number of hydrogen-bond acceptors (Lipinski definition) is 5. The second kappa shape index (κ2) is 23.8. The van der Waals surface area contributed by atoms with Crippen molar-refractivity contribution in [2.24, 2.45) is 23.7 Å². The molecule has 3 saturated carbocycles. The Hall–Kier alpha value is -6.48. The minimum Gasteiger partial charge on any atom is -0.359 e. The number of nitrogens with zero attached hydrogens (tertiary/aromatic N) is 9. The summed E-state index contributed by atoms with van der Waals surface area (Å²) >= 11 is 0. The van der Waals surface area contributed by atoms with Gasteiger partial charge in [-0.3, -0.25) is 18.7 Å². The van der Waals surface area contributed by atoms with E-state index in [-0.39, 0.29) is 47.2 Å². The van der Waals surface area contributed by atoms with E-state index >= 15 is 0 Å². The number of nitriles is 1. The molecule has 91 heavy (non-hydrogen) atoms. The molecule has 6 aromatic rings. The third-order valence-electron chi connectivity index (χ3n) is 19.0. The highest BCUT2D eigenvalue weighted by atomic mass is 19.4. The van der Waals surface area contributed by atoms with Gasteiger partial charge in [-0.2, -0.15) is 78.3 Å². The first kappa shape index (κ1) is 67.4. The van der Waals surface area contributed by atoms with Crippen LogP contribution in [0.25, 0.3) is 5.57 Å². The molecule has 1 aromatic carbocycles. The smallest absolute Gasteiger partial charge is 0.359 e. The summed E-state index contributed by atoms with van der Waals surface area (Å²) < 4.78 is 206. The molecule has 0 saturated heterocycles. The molecule has 0 spiro atoms. The van der Waals surface area contributed by atoms with Crippen LogP contribution in [0, 0.1) is 54.7 Å². The predicted molar refractivity (Wildman–Crippen MR) is 311 cm³/mol. The number of hydrogen-bond donors (Lipinski definition) is 1. The first-order valence-electron chi connectivity index (χ1n) is 31.4. The molecule has 6 unspecified atom stereocenters. The number of halogens is 15. The van der Waals surface area contributed by atoms with Crippen LogP contribution >= 0.6 is 0 Å². The Morgan fingerprint density at radius 1 is 0.615 bits per heavy atom. The van der Waals surface area contributed by atoms with Crippen molar-refractivity contribution in [2.75, 3.05) is 0 Å². The topological polar surface area (TPSA) is 111 Å². The van der Waals surface area contributed by atoms with Crippen molar-refractivity contribution in [1.29, 1.82) is 5.26 Å². The number of fused-ring (bicyclic) bond motifs is 12. The van der Waals surface area contributed by atoms with Crippen molar-refractivity contribution in [3.63, 3.8) is 0 Å². The average Bonchev–Trinajstić information content (AvgIpc) is 1.53. The van der Waals surface area contributed by atoms with E-state index in [1.165, 1.54) is 73.0 Å². The molecule has 5 heterocycles. The van der Waals surface area contributed by atoms with Gasteiger partial charge in [-0.25, -0.2) is 13.2 Å². The van der Waals surface area contributed by atoms with Crippen molar-refractivity contribution in [1.82, 2.24) is 44.1 Å². The van der Waals surface area contributed by atoms with Gasteiger partial charge in [-0.15, -0.1) is 0 Å².